The summed E-state index contributed by atoms with van der Waals surface area (Å²) in [5, 5.41) is 20.6. The highest BCUT2D eigenvalue weighted by atomic mass is 32.1. The standard InChI is InChI=1S/C26H33N7O4S/c1-16(33(18-9-10-18)25(34)21-15-27-12-13-37-21)22-14-17(6-5-11-28-26(35)36-2)23(38-22)19-7-3-4-8-20(19)24-29-31-32-30-24/h3-4,7-8,14,16,18,21,27H,5-6,9-13,15H2,1-2H3,(H,28,35)(H,29,30,31,32)/t16-,21-/m1/s1. The normalized spacial score (nSPS) is 18.1. The van der Waals surface area contributed by atoms with Crippen LogP contribution < -0.4 is 10.6 Å². The number of aryl methyl sites for hydroxylation is 1. The lowest BCUT2D eigenvalue weighted by Crippen LogP contribution is -2.50. The van der Waals surface area contributed by atoms with Gasteiger partial charge in [0.15, 0.2) is 5.82 Å². The van der Waals surface area contributed by atoms with Crippen molar-refractivity contribution in [3.63, 3.8) is 0 Å². The SMILES string of the molecule is COC(=O)NCCCc1cc([C@@H](C)N(C(=O)[C@H]2CNCCO2)C2CC2)sc1-c1ccccc1-c1nnn[nH]1. The number of amides is 2. The van der Waals surface area contributed by atoms with E-state index in [2.05, 4.69) is 50.3 Å². The molecule has 202 valence electrons. The van der Waals surface area contributed by atoms with Crippen LogP contribution in [0.25, 0.3) is 21.8 Å². The highest BCUT2D eigenvalue weighted by Gasteiger charge is 2.40. The third kappa shape index (κ3) is 5.87. The molecule has 1 aromatic carbocycles. The Morgan fingerprint density at radius 3 is 2.79 bits per heavy atom. The van der Waals surface area contributed by atoms with E-state index in [9.17, 15) is 9.59 Å². The van der Waals surface area contributed by atoms with Crippen LogP contribution in [0.3, 0.4) is 0 Å². The zero-order chi connectivity index (χ0) is 26.5. The van der Waals surface area contributed by atoms with Gasteiger partial charge in [0, 0.05) is 46.6 Å². The van der Waals surface area contributed by atoms with Crippen molar-refractivity contribution in [1.82, 2.24) is 36.2 Å². The molecule has 0 spiro atoms. The van der Waals surface area contributed by atoms with E-state index < -0.39 is 12.2 Å². The zero-order valence-corrected chi connectivity index (χ0v) is 22.4. The van der Waals surface area contributed by atoms with Crippen molar-refractivity contribution in [1.29, 1.82) is 0 Å². The number of tetrazole rings is 1. The molecule has 2 amide bonds. The lowest BCUT2D eigenvalue weighted by molar-refractivity contribution is -0.148. The van der Waals surface area contributed by atoms with Crippen LogP contribution in [0.1, 0.15) is 42.7 Å². The van der Waals surface area contributed by atoms with Gasteiger partial charge in [-0.1, -0.05) is 24.3 Å². The smallest absolute Gasteiger partial charge is 0.406 e. The first-order chi connectivity index (χ1) is 18.6. The molecule has 3 N–H and O–H groups in total. The highest BCUT2D eigenvalue weighted by Crippen LogP contribution is 2.43. The molecule has 1 aliphatic heterocycles. The molecule has 2 atom stereocenters. The van der Waals surface area contributed by atoms with Crippen molar-refractivity contribution in [2.75, 3.05) is 33.4 Å². The molecular weight excluding hydrogens is 506 g/mol. The summed E-state index contributed by atoms with van der Waals surface area (Å²) in [4.78, 5) is 29.3. The van der Waals surface area contributed by atoms with Crippen molar-refractivity contribution >= 4 is 23.3 Å². The average Bonchev–Trinajstić information content (AvgIpc) is 3.45. The van der Waals surface area contributed by atoms with Gasteiger partial charge in [-0.2, -0.15) is 0 Å². The Bertz CT molecular complexity index is 1240. The Labute approximate surface area is 225 Å². The highest BCUT2D eigenvalue weighted by molar-refractivity contribution is 7.15. The first-order valence-corrected chi connectivity index (χ1v) is 13.8. The topological polar surface area (TPSA) is 134 Å². The third-order valence-electron chi connectivity index (χ3n) is 6.90. The quantitative estimate of drug-likeness (QED) is 0.335. The predicted molar refractivity (Wildman–Crippen MR) is 143 cm³/mol. The second-order valence-corrected chi connectivity index (χ2v) is 10.6. The Hall–Kier alpha value is -3.35. The van der Waals surface area contributed by atoms with Gasteiger partial charge in [0.05, 0.1) is 19.8 Å². The second-order valence-electron chi connectivity index (χ2n) is 9.54. The van der Waals surface area contributed by atoms with Crippen molar-refractivity contribution in [2.45, 2.75) is 50.8 Å². The molecule has 1 aliphatic carbocycles. The maximum atomic E-state index is 13.6. The van der Waals surface area contributed by atoms with Crippen LogP contribution in [-0.4, -0.2) is 83.0 Å². The molecule has 11 nitrogen and oxygen atoms in total. The first kappa shape index (κ1) is 26.3. The molecule has 12 heteroatoms. The number of morpholine rings is 1. The summed E-state index contributed by atoms with van der Waals surface area (Å²) in [5.74, 6) is 0.651. The molecule has 38 heavy (non-hydrogen) atoms. The maximum Gasteiger partial charge on any atom is 0.406 e. The molecule has 0 radical (unpaired) electrons. The van der Waals surface area contributed by atoms with Crippen LogP contribution in [0.2, 0.25) is 0 Å². The van der Waals surface area contributed by atoms with E-state index in [0.717, 1.165) is 58.7 Å². The average molecular weight is 540 g/mol. The molecule has 3 aromatic rings. The van der Waals surface area contributed by atoms with Crippen molar-refractivity contribution < 1.29 is 19.1 Å². The van der Waals surface area contributed by atoms with Crippen molar-refractivity contribution in [2.24, 2.45) is 0 Å². The minimum absolute atomic E-state index is 0.0547. The lowest BCUT2D eigenvalue weighted by atomic mass is 10.00. The van der Waals surface area contributed by atoms with E-state index in [4.69, 9.17) is 9.47 Å². The maximum absolute atomic E-state index is 13.6. The number of ether oxygens (including phenoxy) is 2. The summed E-state index contributed by atoms with van der Waals surface area (Å²) < 4.78 is 10.5. The van der Waals surface area contributed by atoms with Crippen LogP contribution in [0.4, 0.5) is 4.79 Å². The van der Waals surface area contributed by atoms with Crippen molar-refractivity contribution in [3.8, 4) is 21.8 Å². The molecule has 1 saturated carbocycles. The van der Waals surface area contributed by atoms with Gasteiger partial charge in [0.2, 0.25) is 0 Å². The fourth-order valence-electron chi connectivity index (χ4n) is 4.84. The number of carbonyl (C=O) groups is 2. The lowest BCUT2D eigenvalue weighted by Gasteiger charge is -2.33. The predicted octanol–water partition coefficient (Wildman–Crippen LogP) is 2.92. The van der Waals surface area contributed by atoms with Crippen LogP contribution in [0, 0.1) is 0 Å². The number of thiophene rings is 1. The largest absolute Gasteiger partial charge is 0.453 e. The van der Waals surface area contributed by atoms with Crippen LogP contribution in [0.5, 0.6) is 0 Å². The number of H-pyrrole nitrogens is 1. The number of hydrogen-bond donors (Lipinski definition) is 3. The molecule has 2 aromatic heterocycles. The fourth-order valence-corrected chi connectivity index (χ4v) is 6.14. The van der Waals surface area contributed by atoms with Crippen LogP contribution in [0.15, 0.2) is 30.3 Å². The van der Waals surface area contributed by atoms with Gasteiger partial charge in [0.25, 0.3) is 5.91 Å². The van der Waals surface area contributed by atoms with Gasteiger partial charge in [-0.3, -0.25) is 4.79 Å². The third-order valence-corrected chi connectivity index (χ3v) is 8.29. The van der Waals surface area contributed by atoms with E-state index in [-0.39, 0.29) is 18.0 Å². The van der Waals surface area contributed by atoms with Gasteiger partial charge >= 0.3 is 6.09 Å². The van der Waals surface area contributed by atoms with Crippen molar-refractivity contribution in [3.05, 3.63) is 40.8 Å². The summed E-state index contributed by atoms with van der Waals surface area (Å²) in [7, 11) is 1.36. The van der Waals surface area contributed by atoms with Gasteiger partial charge in [0.1, 0.15) is 6.10 Å². The van der Waals surface area contributed by atoms with E-state index in [1.54, 1.807) is 11.3 Å². The molecule has 0 bridgehead atoms. The van der Waals surface area contributed by atoms with Crippen LogP contribution in [-0.2, 0) is 20.7 Å². The van der Waals surface area contributed by atoms with Gasteiger partial charge in [-0.25, -0.2) is 9.89 Å². The number of benzene rings is 1. The van der Waals surface area contributed by atoms with E-state index in [0.29, 0.717) is 25.5 Å². The molecule has 5 rings (SSSR count). The monoisotopic (exact) mass is 539 g/mol. The molecule has 0 unspecified atom stereocenters. The minimum atomic E-state index is -0.449. The van der Waals surface area contributed by atoms with E-state index in [1.165, 1.54) is 7.11 Å². The Morgan fingerprint density at radius 2 is 2.11 bits per heavy atom. The fraction of sp³-hybridized carbons (Fsp3) is 0.500. The second kappa shape index (κ2) is 12.0. The summed E-state index contributed by atoms with van der Waals surface area (Å²) in [6.07, 6.45) is 2.63. The number of hydrogen-bond acceptors (Lipinski definition) is 9. The minimum Gasteiger partial charge on any atom is -0.453 e. The summed E-state index contributed by atoms with van der Waals surface area (Å²) >= 11 is 1.69. The van der Waals surface area contributed by atoms with Crippen LogP contribution >= 0.6 is 11.3 Å². The Morgan fingerprint density at radius 1 is 1.29 bits per heavy atom. The zero-order valence-electron chi connectivity index (χ0n) is 21.6. The van der Waals surface area contributed by atoms with Gasteiger partial charge in [-0.05, 0) is 54.7 Å². The number of aromatic amines is 1. The van der Waals surface area contributed by atoms with Gasteiger partial charge in [-0.15, -0.1) is 16.4 Å². The number of carbonyl (C=O) groups excluding carboxylic acids is 2. The van der Waals surface area contributed by atoms with E-state index >= 15 is 0 Å². The van der Waals surface area contributed by atoms with E-state index in [1.807, 2.05) is 23.1 Å². The Balaban J connectivity index is 1.46. The molecular formula is C26H33N7O4S. The number of nitrogens with zero attached hydrogens (tertiary/aromatic N) is 4. The molecule has 1 saturated heterocycles. The number of nitrogens with one attached hydrogen (secondary N) is 3. The summed E-state index contributed by atoms with van der Waals surface area (Å²) in [6.45, 7) is 4.46. The molecule has 3 heterocycles. The molecule has 2 fully saturated rings. The number of rotatable bonds is 10. The number of aromatic nitrogens is 4. The first-order valence-electron chi connectivity index (χ1n) is 13.0. The molecule has 2 aliphatic rings. The number of methoxy groups -OCH3 is 1. The summed E-state index contributed by atoms with van der Waals surface area (Å²) in [6, 6.07) is 10.4. The number of alkyl carbamates (subject to hydrolysis) is 1. The van der Waals surface area contributed by atoms with Gasteiger partial charge < -0.3 is 25.0 Å². The summed E-state index contributed by atoms with van der Waals surface area (Å²) in [5.41, 5.74) is 3.08. The Kier molecular flexibility index (Phi) is 8.30.